The lowest BCUT2D eigenvalue weighted by Gasteiger charge is -2.30. The Morgan fingerprint density at radius 3 is 2.77 bits per heavy atom. The maximum Gasteiger partial charge on any atom is 0.333 e. The number of aliphatic carboxylic acids is 1. The Morgan fingerprint density at radius 2 is 2.18 bits per heavy atom. The maximum atomic E-state index is 11.0. The number of hydrogen-bond donors (Lipinski definition) is 3. The molecule has 1 saturated heterocycles. The summed E-state index contributed by atoms with van der Waals surface area (Å²) in [5, 5.41) is 38.6. The number of rotatable bonds is 5. The van der Waals surface area contributed by atoms with Crippen LogP contribution in [-0.2, 0) is 16.1 Å². The van der Waals surface area contributed by atoms with Gasteiger partial charge in [-0.2, -0.15) is 0 Å². The van der Waals surface area contributed by atoms with Gasteiger partial charge in [-0.25, -0.2) is 4.79 Å². The van der Waals surface area contributed by atoms with Crippen LogP contribution >= 0.6 is 0 Å². The van der Waals surface area contributed by atoms with E-state index in [0.717, 1.165) is 6.07 Å². The second kappa shape index (κ2) is 6.69. The number of carboxylic acid groups (broad SMARTS) is 1. The minimum Gasteiger partial charge on any atom is -0.479 e. The molecule has 3 N–H and O–H groups in total. The fourth-order valence-electron chi connectivity index (χ4n) is 2.14. The van der Waals surface area contributed by atoms with Crippen molar-refractivity contribution in [3.8, 4) is 5.75 Å². The number of carbonyl (C=O) groups is 1. The molecule has 22 heavy (non-hydrogen) atoms. The van der Waals surface area contributed by atoms with E-state index in [4.69, 9.17) is 19.7 Å². The number of aliphatic hydroxyl groups excluding tert-OH is 2. The molecule has 1 aliphatic rings. The molecule has 3 atom stereocenters. The highest BCUT2D eigenvalue weighted by molar-refractivity contribution is 5.72. The molecule has 0 bridgehead atoms. The lowest BCUT2D eigenvalue weighted by Crippen LogP contribution is -2.42. The number of benzene rings is 1. The highest BCUT2D eigenvalue weighted by atomic mass is 16.7. The Labute approximate surface area is 124 Å². The van der Waals surface area contributed by atoms with Crippen LogP contribution in [0.5, 0.6) is 5.75 Å². The predicted octanol–water partition coefficient (Wildman–Crippen LogP) is 0.416. The molecule has 1 aliphatic heterocycles. The Kier molecular flexibility index (Phi) is 4.91. The van der Waals surface area contributed by atoms with Crippen molar-refractivity contribution < 1.29 is 34.5 Å². The normalized spacial score (nSPS) is 24.7. The highest BCUT2D eigenvalue weighted by Crippen LogP contribution is 2.31. The lowest BCUT2D eigenvalue weighted by atomic mass is 10.1. The maximum absolute atomic E-state index is 11.0. The van der Waals surface area contributed by atoms with E-state index in [-0.39, 0.29) is 30.9 Å². The van der Waals surface area contributed by atoms with Crippen LogP contribution in [0.15, 0.2) is 18.2 Å². The zero-order valence-corrected chi connectivity index (χ0v) is 11.4. The van der Waals surface area contributed by atoms with Gasteiger partial charge in [0.1, 0.15) is 0 Å². The van der Waals surface area contributed by atoms with Gasteiger partial charge in [-0.3, -0.25) is 10.1 Å². The number of nitrogens with zero attached hydrogens (tertiary/aromatic N) is 1. The molecule has 0 amide bonds. The summed E-state index contributed by atoms with van der Waals surface area (Å²) in [5.74, 6) is -1.36. The molecule has 1 aromatic rings. The molecule has 1 heterocycles. The number of nitro groups is 1. The largest absolute Gasteiger partial charge is 0.479 e. The van der Waals surface area contributed by atoms with Gasteiger partial charge in [0.2, 0.25) is 6.29 Å². The van der Waals surface area contributed by atoms with Gasteiger partial charge in [-0.05, 0) is 11.6 Å². The average molecular weight is 313 g/mol. The summed E-state index contributed by atoms with van der Waals surface area (Å²) in [7, 11) is 0. The van der Waals surface area contributed by atoms with E-state index in [1.165, 1.54) is 12.1 Å². The average Bonchev–Trinajstić information content (AvgIpc) is 2.46. The molecule has 0 radical (unpaired) electrons. The number of carboxylic acids is 1. The molecule has 1 fully saturated rings. The van der Waals surface area contributed by atoms with Gasteiger partial charge in [0, 0.05) is 18.9 Å². The summed E-state index contributed by atoms with van der Waals surface area (Å²) in [6.45, 7) is -0.360. The molecular weight excluding hydrogens is 298 g/mol. The predicted molar refractivity (Wildman–Crippen MR) is 71.2 cm³/mol. The van der Waals surface area contributed by atoms with E-state index in [1.54, 1.807) is 0 Å². The Balaban J connectivity index is 2.19. The fraction of sp³-hybridized carbons (Fsp3) is 0.462. The van der Waals surface area contributed by atoms with E-state index in [2.05, 4.69) is 0 Å². The van der Waals surface area contributed by atoms with Gasteiger partial charge in [0.25, 0.3) is 0 Å². The van der Waals surface area contributed by atoms with Gasteiger partial charge >= 0.3 is 11.7 Å². The second-order valence-corrected chi connectivity index (χ2v) is 4.85. The van der Waals surface area contributed by atoms with Crippen LogP contribution in [0.3, 0.4) is 0 Å². The van der Waals surface area contributed by atoms with E-state index in [0.29, 0.717) is 5.56 Å². The number of hydrogen-bond acceptors (Lipinski definition) is 7. The van der Waals surface area contributed by atoms with Gasteiger partial charge < -0.3 is 24.8 Å². The molecular formula is C13H15NO8. The van der Waals surface area contributed by atoms with Crippen molar-refractivity contribution in [1.82, 2.24) is 0 Å². The zero-order valence-electron chi connectivity index (χ0n) is 11.4. The van der Waals surface area contributed by atoms with E-state index in [1.807, 2.05) is 0 Å². The minimum atomic E-state index is -1.24. The van der Waals surface area contributed by atoms with Crippen molar-refractivity contribution in [2.75, 3.05) is 0 Å². The first-order chi connectivity index (χ1) is 10.4. The first-order valence-corrected chi connectivity index (χ1v) is 6.52. The Morgan fingerprint density at radius 1 is 1.45 bits per heavy atom. The number of ether oxygens (including phenoxy) is 2. The summed E-state index contributed by atoms with van der Waals surface area (Å²) in [4.78, 5) is 21.3. The summed E-state index contributed by atoms with van der Waals surface area (Å²) in [6.07, 6.45) is -3.34. The topological polar surface area (TPSA) is 139 Å². The third-order valence-electron chi connectivity index (χ3n) is 3.20. The summed E-state index contributed by atoms with van der Waals surface area (Å²) in [6, 6.07) is 3.89. The third-order valence-corrected chi connectivity index (χ3v) is 3.20. The molecule has 0 saturated carbocycles. The van der Waals surface area contributed by atoms with E-state index < -0.39 is 29.4 Å². The molecule has 0 unspecified atom stereocenters. The quantitative estimate of drug-likeness (QED) is 0.525. The van der Waals surface area contributed by atoms with Crippen LogP contribution < -0.4 is 4.74 Å². The van der Waals surface area contributed by atoms with E-state index in [9.17, 15) is 20.0 Å². The first-order valence-electron chi connectivity index (χ1n) is 6.52. The molecule has 1 aromatic carbocycles. The van der Waals surface area contributed by atoms with Crippen molar-refractivity contribution in [2.24, 2.45) is 0 Å². The van der Waals surface area contributed by atoms with Gasteiger partial charge in [-0.1, -0.05) is 6.07 Å². The summed E-state index contributed by atoms with van der Waals surface area (Å²) >= 11 is 0. The van der Waals surface area contributed by atoms with Crippen LogP contribution in [-0.4, -0.2) is 44.7 Å². The van der Waals surface area contributed by atoms with Crippen molar-refractivity contribution in [2.45, 2.75) is 37.9 Å². The highest BCUT2D eigenvalue weighted by Gasteiger charge is 2.34. The van der Waals surface area contributed by atoms with Crippen LogP contribution in [0.2, 0.25) is 0 Å². The molecule has 120 valence electrons. The van der Waals surface area contributed by atoms with Crippen LogP contribution in [0.1, 0.15) is 18.4 Å². The van der Waals surface area contributed by atoms with Crippen LogP contribution in [0.4, 0.5) is 5.69 Å². The van der Waals surface area contributed by atoms with Crippen molar-refractivity contribution in [3.05, 3.63) is 33.9 Å². The third kappa shape index (κ3) is 3.70. The lowest BCUT2D eigenvalue weighted by molar-refractivity contribution is -0.386. The fourth-order valence-corrected chi connectivity index (χ4v) is 2.14. The molecule has 9 nitrogen and oxygen atoms in total. The standard InChI is InChI=1S/C13H15NO8/c15-6-7-1-2-10(9(3-7)14(19)20)21-12-5-8(16)4-11(22-12)13(17)18/h1-3,8,11-12,15-16H,4-6H2,(H,17,18)/t8-,11-,12+/m0/s1. The minimum absolute atomic E-state index is 0.00266. The summed E-state index contributed by atoms with van der Waals surface area (Å²) < 4.78 is 10.5. The summed E-state index contributed by atoms with van der Waals surface area (Å²) in [5.41, 5.74) is -0.0332. The zero-order chi connectivity index (χ0) is 16.3. The SMILES string of the molecule is O=C(O)[C@@H]1C[C@H](O)C[C@H](Oc2ccc(CO)cc2[N+](=O)[O-])O1. The number of nitro benzene ring substituents is 1. The van der Waals surface area contributed by atoms with Crippen molar-refractivity contribution in [1.29, 1.82) is 0 Å². The second-order valence-electron chi connectivity index (χ2n) is 4.85. The van der Waals surface area contributed by atoms with E-state index >= 15 is 0 Å². The Hall–Kier alpha value is -2.23. The molecule has 9 heteroatoms. The molecule has 0 spiro atoms. The van der Waals surface area contributed by atoms with Gasteiger partial charge in [-0.15, -0.1) is 0 Å². The van der Waals surface area contributed by atoms with Crippen LogP contribution in [0, 0.1) is 10.1 Å². The van der Waals surface area contributed by atoms with Crippen molar-refractivity contribution in [3.63, 3.8) is 0 Å². The monoisotopic (exact) mass is 313 g/mol. The van der Waals surface area contributed by atoms with Crippen LogP contribution in [0.25, 0.3) is 0 Å². The van der Waals surface area contributed by atoms with Gasteiger partial charge in [0.15, 0.2) is 11.9 Å². The van der Waals surface area contributed by atoms with Crippen molar-refractivity contribution >= 4 is 11.7 Å². The Bertz CT molecular complexity index is 575. The number of aliphatic hydroxyl groups is 2. The first kappa shape index (κ1) is 16.1. The van der Waals surface area contributed by atoms with Gasteiger partial charge in [0.05, 0.1) is 17.6 Å². The molecule has 2 rings (SSSR count). The smallest absolute Gasteiger partial charge is 0.333 e. The molecule has 0 aromatic heterocycles. The molecule has 0 aliphatic carbocycles.